The summed E-state index contributed by atoms with van der Waals surface area (Å²) in [6.07, 6.45) is 2.76. The fourth-order valence-electron chi connectivity index (χ4n) is 1.55. The van der Waals surface area contributed by atoms with Crippen molar-refractivity contribution >= 4 is 29.7 Å². The molecule has 2 amide bonds. The normalized spacial score (nSPS) is 13.1. The maximum atomic E-state index is 12.0. The number of thioether (sulfide) groups is 1. The number of ether oxygens (including phenoxy) is 1. The van der Waals surface area contributed by atoms with E-state index in [1.165, 1.54) is 12.0 Å². The zero-order chi connectivity index (χ0) is 16.4. The fraction of sp³-hybridized carbons (Fsp3) is 0.769. The van der Waals surface area contributed by atoms with E-state index >= 15 is 0 Å². The van der Waals surface area contributed by atoms with E-state index in [-0.39, 0.29) is 18.9 Å². The second kappa shape index (κ2) is 10.3. The van der Waals surface area contributed by atoms with Crippen molar-refractivity contribution in [2.75, 3.05) is 26.2 Å². The Morgan fingerprint density at radius 1 is 1.33 bits per heavy atom. The number of urea groups is 1. The Kier molecular flexibility index (Phi) is 9.60. The van der Waals surface area contributed by atoms with Crippen LogP contribution >= 0.6 is 11.8 Å². The minimum Gasteiger partial charge on any atom is -0.480 e. The number of carbonyl (C=O) groups is 3. The van der Waals surface area contributed by atoms with Crippen molar-refractivity contribution < 1.29 is 24.2 Å². The van der Waals surface area contributed by atoms with Crippen LogP contribution in [0.4, 0.5) is 4.79 Å². The van der Waals surface area contributed by atoms with Gasteiger partial charge in [-0.05, 0) is 31.8 Å². The second-order valence-electron chi connectivity index (χ2n) is 4.70. The summed E-state index contributed by atoms with van der Waals surface area (Å²) in [5, 5.41) is 11.5. The van der Waals surface area contributed by atoms with Crippen LogP contribution in [0, 0.1) is 0 Å². The van der Waals surface area contributed by atoms with Crippen molar-refractivity contribution in [1.82, 2.24) is 10.2 Å². The van der Waals surface area contributed by atoms with Crippen LogP contribution in [0.5, 0.6) is 0 Å². The molecule has 0 bridgehead atoms. The van der Waals surface area contributed by atoms with Crippen LogP contribution < -0.4 is 5.32 Å². The molecule has 7 nitrogen and oxygen atoms in total. The lowest BCUT2D eigenvalue weighted by atomic mass is 10.1. The van der Waals surface area contributed by atoms with E-state index < -0.39 is 24.0 Å². The van der Waals surface area contributed by atoms with Crippen molar-refractivity contribution in [3.8, 4) is 0 Å². The molecule has 0 aromatic carbocycles. The third-order valence-electron chi connectivity index (χ3n) is 3.18. The van der Waals surface area contributed by atoms with Gasteiger partial charge in [-0.3, -0.25) is 4.79 Å². The first-order chi connectivity index (χ1) is 9.83. The molecule has 0 aromatic rings. The molecule has 0 aliphatic heterocycles. The van der Waals surface area contributed by atoms with Gasteiger partial charge in [0.2, 0.25) is 0 Å². The van der Waals surface area contributed by atoms with Gasteiger partial charge in [0.1, 0.15) is 6.04 Å². The van der Waals surface area contributed by atoms with Crippen LogP contribution in [0.3, 0.4) is 0 Å². The Balaban J connectivity index is 4.45. The number of methoxy groups -OCH3 is 1. The van der Waals surface area contributed by atoms with Crippen LogP contribution in [0.1, 0.15) is 26.2 Å². The number of aliphatic carboxylic acids is 1. The van der Waals surface area contributed by atoms with Gasteiger partial charge in [0.15, 0.2) is 0 Å². The van der Waals surface area contributed by atoms with Crippen molar-refractivity contribution in [1.29, 1.82) is 0 Å². The standard InChI is InChI=1S/C13H24N2O5S/c1-9(7-8-21-4)15(2)13(19)14-10(12(17)18)5-6-11(16)20-3/h9-10H,5-8H2,1-4H3,(H,14,19)(H,17,18)/t9?,10-/m1/s1. The molecule has 2 N–H and O–H groups in total. The summed E-state index contributed by atoms with van der Waals surface area (Å²) in [6.45, 7) is 1.90. The molecule has 122 valence electrons. The van der Waals surface area contributed by atoms with Gasteiger partial charge >= 0.3 is 18.0 Å². The number of carbonyl (C=O) groups excluding carboxylic acids is 2. The summed E-state index contributed by atoms with van der Waals surface area (Å²) in [5.74, 6) is -0.752. The molecule has 0 aliphatic carbocycles. The number of amides is 2. The number of esters is 1. The van der Waals surface area contributed by atoms with E-state index in [0.29, 0.717) is 0 Å². The first kappa shape index (κ1) is 19.6. The summed E-state index contributed by atoms with van der Waals surface area (Å²) in [7, 11) is 2.86. The number of carboxylic acids is 1. The number of carboxylic acid groups (broad SMARTS) is 1. The molecule has 0 saturated heterocycles. The monoisotopic (exact) mass is 320 g/mol. The molecule has 21 heavy (non-hydrogen) atoms. The summed E-state index contributed by atoms with van der Waals surface area (Å²) < 4.78 is 4.46. The Hall–Kier alpha value is -1.44. The van der Waals surface area contributed by atoms with Gasteiger partial charge in [0, 0.05) is 19.5 Å². The van der Waals surface area contributed by atoms with Crippen LogP contribution in [0.15, 0.2) is 0 Å². The third-order valence-corrected chi connectivity index (χ3v) is 3.83. The maximum Gasteiger partial charge on any atom is 0.326 e. The highest BCUT2D eigenvalue weighted by atomic mass is 32.2. The SMILES string of the molecule is COC(=O)CC[C@@H](NC(=O)N(C)C(C)CCSC)C(=O)O. The van der Waals surface area contributed by atoms with Crippen LogP contribution in [0.25, 0.3) is 0 Å². The predicted octanol–water partition coefficient (Wildman–Crippen LogP) is 1.18. The summed E-state index contributed by atoms with van der Waals surface area (Å²) >= 11 is 1.69. The van der Waals surface area contributed by atoms with Crippen molar-refractivity contribution in [3.05, 3.63) is 0 Å². The maximum absolute atomic E-state index is 12.0. The minimum absolute atomic E-state index is 0.000773. The highest BCUT2D eigenvalue weighted by Crippen LogP contribution is 2.07. The number of rotatable bonds is 9. The molecular formula is C13H24N2O5S. The number of nitrogens with one attached hydrogen (secondary N) is 1. The van der Waals surface area contributed by atoms with Gasteiger partial charge < -0.3 is 20.1 Å². The zero-order valence-corrected chi connectivity index (χ0v) is 13.7. The van der Waals surface area contributed by atoms with Crippen LogP contribution in [0.2, 0.25) is 0 Å². The van der Waals surface area contributed by atoms with E-state index in [0.717, 1.165) is 12.2 Å². The summed E-state index contributed by atoms with van der Waals surface area (Å²) in [4.78, 5) is 35.6. The summed E-state index contributed by atoms with van der Waals surface area (Å²) in [6, 6.07) is -1.56. The fourth-order valence-corrected chi connectivity index (χ4v) is 2.13. The van der Waals surface area contributed by atoms with Crippen molar-refractivity contribution in [3.63, 3.8) is 0 Å². The molecule has 0 aromatic heterocycles. The van der Waals surface area contributed by atoms with E-state index in [9.17, 15) is 14.4 Å². The van der Waals surface area contributed by atoms with Crippen molar-refractivity contribution in [2.24, 2.45) is 0 Å². The highest BCUT2D eigenvalue weighted by Gasteiger charge is 2.24. The van der Waals surface area contributed by atoms with Gasteiger partial charge in [0.25, 0.3) is 0 Å². The average Bonchev–Trinajstić information content (AvgIpc) is 2.46. The van der Waals surface area contributed by atoms with Gasteiger partial charge in [0.05, 0.1) is 7.11 Å². The van der Waals surface area contributed by atoms with Gasteiger partial charge in [-0.2, -0.15) is 11.8 Å². The number of hydrogen-bond acceptors (Lipinski definition) is 5. The topological polar surface area (TPSA) is 95.9 Å². The van der Waals surface area contributed by atoms with Gasteiger partial charge in [-0.1, -0.05) is 0 Å². The van der Waals surface area contributed by atoms with Crippen molar-refractivity contribution in [2.45, 2.75) is 38.3 Å². The predicted molar refractivity (Wildman–Crippen MR) is 81.4 cm³/mol. The Labute approximate surface area is 129 Å². The lowest BCUT2D eigenvalue weighted by molar-refractivity contribution is -0.142. The number of nitrogens with zero attached hydrogens (tertiary/aromatic N) is 1. The van der Waals surface area contributed by atoms with Gasteiger partial charge in [-0.25, -0.2) is 9.59 Å². The van der Waals surface area contributed by atoms with Gasteiger partial charge in [-0.15, -0.1) is 0 Å². The lowest BCUT2D eigenvalue weighted by Gasteiger charge is -2.26. The van der Waals surface area contributed by atoms with E-state index in [1.807, 2.05) is 13.2 Å². The smallest absolute Gasteiger partial charge is 0.326 e. The highest BCUT2D eigenvalue weighted by molar-refractivity contribution is 7.98. The first-order valence-electron chi connectivity index (χ1n) is 6.65. The summed E-state index contributed by atoms with van der Waals surface area (Å²) in [5.41, 5.74) is 0. The molecule has 0 heterocycles. The second-order valence-corrected chi connectivity index (χ2v) is 5.68. The quantitative estimate of drug-likeness (QED) is 0.619. The molecule has 2 atom stereocenters. The number of hydrogen-bond donors (Lipinski definition) is 2. The van der Waals surface area contributed by atoms with E-state index in [1.54, 1.807) is 18.8 Å². The largest absolute Gasteiger partial charge is 0.480 e. The molecular weight excluding hydrogens is 296 g/mol. The Morgan fingerprint density at radius 2 is 1.95 bits per heavy atom. The van der Waals surface area contributed by atoms with E-state index in [4.69, 9.17) is 5.11 Å². The first-order valence-corrected chi connectivity index (χ1v) is 8.04. The third kappa shape index (κ3) is 7.79. The molecule has 0 fully saturated rings. The lowest BCUT2D eigenvalue weighted by Crippen LogP contribution is -2.49. The molecule has 0 saturated carbocycles. The average molecular weight is 320 g/mol. The minimum atomic E-state index is -1.17. The zero-order valence-electron chi connectivity index (χ0n) is 12.9. The van der Waals surface area contributed by atoms with Crippen LogP contribution in [-0.4, -0.2) is 66.2 Å². The molecule has 1 unspecified atom stereocenters. The molecule has 0 rings (SSSR count). The van der Waals surface area contributed by atoms with E-state index in [2.05, 4.69) is 10.1 Å². The molecule has 0 radical (unpaired) electrons. The molecule has 0 aliphatic rings. The Morgan fingerprint density at radius 3 is 2.43 bits per heavy atom. The Bertz CT molecular complexity index is 364. The molecule has 0 spiro atoms. The molecule has 8 heteroatoms. The van der Waals surface area contributed by atoms with Crippen LogP contribution in [-0.2, 0) is 14.3 Å².